The molecule has 0 unspecified atom stereocenters. The molecule has 8 heteroatoms. The zero-order valence-corrected chi connectivity index (χ0v) is 16.1. The zero-order chi connectivity index (χ0) is 17.6. The van der Waals surface area contributed by atoms with Crippen molar-refractivity contribution in [2.75, 3.05) is 44.7 Å². The fourth-order valence-electron chi connectivity index (χ4n) is 2.93. The van der Waals surface area contributed by atoms with E-state index in [-0.39, 0.29) is 0 Å². The zero-order valence-electron chi connectivity index (χ0n) is 14.4. The Bertz CT molecular complexity index is 801. The first-order chi connectivity index (χ1) is 12.9. The van der Waals surface area contributed by atoms with E-state index in [0.29, 0.717) is 5.95 Å². The smallest absolute Gasteiger partial charge is 0.223 e. The van der Waals surface area contributed by atoms with Crippen LogP contribution in [0.2, 0.25) is 0 Å². The molecular weight excluding hydrogens is 366 g/mol. The van der Waals surface area contributed by atoms with Gasteiger partial charge in [-0.15, -0.1) is 11.3 Å². The summed E-state index contributed by atoms with van der Waals surface area (Å²) in [6, 6.07) is 2.09. The molecule has 4 heterocycles. The van der Waals surface area contributed by atoms with Crippen LogP contribution >= 0.6 is 22.7 Å². The van der Waals surface area contributed by atoms with Gasteiger partial charge in [0.2, 0.25) is 5.95 Å². The van der Waals surface area contributed by atoms with Crippen LogP contribution in [0.4, 0.5) is 5.95 Å². The summed E-state index contributed by atoms with van der Waals surface area (Å²) >= 11 is 3.27. The highest BCUT2D eigenvalue weighted by atomic mass is 32.1. The van der Waals surface area contributed by atoms with Crippen molar-refractivity contribution in [2.45, 2.75) is 6.42 Å². The first kappa shape index (κ1) is 17.5. The Kier molecular flexibility index (Phi) is 5.85. The standard InChI is InChI=1S/C18H21N5OS2/c1(5-23-6-8-24-9-7-23)3-20-18-21-12-15(14-2-10-25-13-14)16(22-18)17-19-4-11-26-17/h2,4,10-13H,1,3,5-9H2,(H,20,21,22). The quantitative estimate of drug-likeness (QED) is 0.627. The molecule has 26 heavy (non-hydrogen) atoms. The van der Waals surface area contributed by atoms with E-state index in [1.807, 2.05) is 17.8 Å². The summed E-state index contributed by atoms with van der Waals surface area (Å²) in [5, 5.41) is 10.4. The minimum Gasteiger partial charge on any atom is -0.379 e. The SMILES string of the molecule is c1csc(-c2nc(NCCCN3CCOCC3)ncc2-c2ccsc2)n1. The van der Waals surface area contributed by atoms with E-state index >= 15 is 0 Å². The van der Waals surface area contributed by atoms with Gasteiger partial charge >= 0.3 is 0 Å². The third-order valence-corrected chi connectivity index (χ3v) is 5.76. The van der Waals surface area contributed by atoms with Gasteiger partial charge in [-0.05, 0) is 35.4 Å². The number of thiazole rings is 1. The molecule has 0 aromatic carbocycles. The topological polar surface area (TPSA) is 63.2 Å². The fraction of sp³-hybridized carbons (Fsp3) is 0.389. The second-order valence-electron chi connectivity index (χ2n) is 6.04. The number of morpholine rings is 1. The van der Waals surface area contributed by atoms with Gasteiger partial charge in [0.1, 0.15) is 10.7 Å². The maximum atomic E-state index is 5.38. The van der Waals surface area contributed by atoms with Crippen LogP contribution in [0.25, 0.3) is 21.8 Å². The number of hydrogen-bond donors (Lipinski definition) is 1. The van der Waals surface area contributed by atoms with E-state index in [1.165, 1.54) is 0 Å². The monoisotopic (exact) mass is 387 g/mol. The summed E-state index contributed by atoms with van der Waals surface area (Å²) in [5.74, 6) is 0.663. The predicted octanol–water partition coefficient (Wildman–Crippen LogP) is 3.46. The molecule has 1 aliphatic heterocycles. The maximum absolute atomic E-state index is 5.38. The molecular formula is C18H21N5OS2. The molecule has 3 aromatic rings. The lowest BCUT2D eigenvalue weighted by Gasteiger charge is -2.26. The largest absolute Gasteiger partial charge is 0.379 e. The summed E-state index contributed by atoms with van der Waals surface area (Å²) in [6.07, 6.45) is 4.77. The number of ether oxygens (including phenoxy) is 1. The molecule has 0 bridgehead atoms. The Hall–Kier alpha value is -1.87. The van der Waals surface area contributed by atoms with Gasteiger partial charge in [0.25, 0.3) is 0 Å². The number of hydrogen-bond acceptors (Lipinski definition) is 8. The number of nitrogens with one attached hydrogen (secondary N) is 1. The van der Waals surface area contributed by atoms with E-state index < -0.39 is 0 Å². The average molecular weight is 388 g/mol. The van der Waals surface area contributed by atoms with E-state index in [4.69, 9.17) is 9.72 Å². The lowest BCUT2D eigenvalue weighted by Crippen LogP contribution is -2.37. The van der Waals surface area contributed by atoms with Gasteiger partial charge in [-0.2, -0.15) is 11.3 Å². The summed E-state index contributed by atoms with van der Waals surface area (Å²) in [6.45, 7) is 5.67. The van der Waals surface area contributed by atoms with Gasteiger partial charge in [-0.25, -0.2) is 15.0 Å². The van der Waals surface area contributed by atoms with Crippen molar-refractivity contribution in [1.29, 1.82) is 0 Å². The van der Waals surface area contributed by atoms with Crippen molar-refractivity contribution in [3.63, 3.8) is 0 Å². The highest BCUT2D eigenvalue weighted by molar-refractivity contribution is 7.13. The summed E-state index contributed by atoms with van der Waals surface area (Å²) in [4.78, 5) is 16.1. The van der Waals surface area contributed by atoms with Crippen molar-refractivity contribution in [1.82, 2.24) is 19.9 Å². The first-order valence-corrected chi connectivity index (χ1v) is 10.6. The van der Waals surface area contributed by atoms with Crippen molar-refractivity contribution in [3.8, 4) is 21.8 Å². The number of aromatic nitrogens is 3. The van der Waals surface area contributed by atoms with Crippen LogP contribution < -0.4 is 5.32 Å². The number of thiophene rings is 1. The molecule has 6 nitrogen and oxygen atoms in total. The predicted molar refractivity (Wildman–Crippen MR) is 107 cm³/mol. The second kappa shape index (κ2) is 8.68. The molecule has 0 saturated carbocycles. The van der Waals surface area contributed by atoms with E-state index in [1.54, 1.807) is 22.7 Å². The lowest BCUT2D eigenvalue weighted by molar-refractivity contribution is 0.0378. The molecule has 0 radical (unpaired) electrons. The fourth-order valence-corrected chi connectivity index (χ4v) is 4.22. The van der Waals surface area contributed by atoms with Crippen LogP contribution in [-0.4, -0.2) is 59.2 Å². The van der Waals surface area contributed by atoms with Crippen LogP contribution in [0, 0.1) is 0 Å². The minimum absolute atomic E-state index is 0.663. The number of nitrogens with zero attached hydrogens (tertiary/aromatic N) is 4. The average Bonchev–Trinajstić information content (AvgIpc) is 3.40. The van der Waals surface area contributed by atoms with E-state index in [0.717, 1.165) is 67.6 Å². The Morgan fingerprint density at radius 1 is 1.19 bits per heavy atom. The minimum atomic E-state index is 0.663. The van der Waals surface area contributed by atoms with Gasteiger partial charge in [0.15, 0.2) is 0 Å². The Labute approximate surface area is 160 Å². The van der Waals surface area contributed by atoms with Gasteiger partial charge in [-0.1, -0.05) is 0 Å². The Morgan fingerprint density at radius 2 is 2.12 bits per heavy atom. The molecule has 1 fully saturated rings. The van der Waals surface area contributed by atoms with Crippen LogP contribution in [0.5, 0.6) is 0 Å². The molecule has 136 valence electrons. The van der Waals surface area contributed by atoms with Crippen LogP contribution in [0.15, 0.2) is 34.6 Å². The molecule has 1 N–H and O–H groups in total. The molecule has 1 saturated heterocycles. The Morgan fingerprint density at radius 3 is 2.88 bits per heavy atom. The van der Waals surface area contributed by atoms with Gasteiger partial charge in [-0.3, -0.25) is 4.90 Å². The summed E-state index contributed by atoms with van der Waals surface area (Å²) in [5.41, 5.74) is 3.06. The first-order valence-electron chi connectivity index (χ1n) is 8.73. The summed E-state index contributed by atoms with van der Waals surface area (Å²) < 4.78 is 5.38. The van der Waals surface area contributed by atoms with Crippen molar-refractivity contribution in [3.05, 3.63) is 34.6 Å². The molecule has 4 rings (SSSR count). The molecule has 0 atom stereocenters. The molecule has 0 amide bonds. The van der Waals surface area contributed by atoms with Crippen LogP contribution in [0.1, 0.15) is 6.42 Å². The number of rotatable bonds is 7. The second-order valence-corrected chi connectivity index (χ2v) is 7.71. The normalized spacial score (nSPS) is 15.2. The van der Waals surface area contributed by atoms with E-state index in [9.17, 15) is 0 Å². The van der Waals surface area contributed by atoms with E-state index in [2.05, 4.69) is 37.0 Å². The molecule has 1 aliphatic rings. The van der Waals surface area contributed by atoms with Gasteiger partial charge in [0.05, 0.1) is 13.2 Å². The molecule has 3 aromatic heterocycles. The lowest BCUT2D eigenvalue weighted by atomic mass is 10.1. The van der Waals surface area contributed by atoms with Crippen molar-refractivity contribution >= 4 is 28.6 Å². The Balaban J connectivity index is 1.43. The van der Waals surface area contributed by atoms with Crippen LogP contribution in [0.3, 0.4) is 0 Å². The van der Waals surface area contributed by atoms with Crippen molar-refractivity contribution < 1.29 is 4.74 Å². The highest BCUT2D eigenvalue weighted by Crippen LogP contribution is 2.32. The summed E-state index contributed by atoms with van der Waals surface area (Å²) in [7, 11) is 0. The third kappa shape index (κ3) is 4.27. The highest BCUT2D eigenvalue weighted by Gasteiger charge is 2.14. The van der Waals surface area contributed by atoms with Crippen LogP contribution in [-0.2, 0) is 4.74 Å². The van der Waals surface area contributed by atoms with Crippen molar-refractivity contribution in [2.24, 2.45) is 0 Å². The van der Waals surface area contributed by atoms with Gasteiger partial charge < -0.3 is 10.1 Å². The third-order valence-electron chi connectivity index (χ3n) is 4.29. The maximum Gasteiger partial charge on any atom is 0.223 e. The van der Waals surface area contributed by atoms with Gasteiger partial charge in [0, 0.05) is 43.0 Å². The number of anilines is 1. The molecule has 0 spiro atoms. The molecule has 0 aliphatic carbocycles.